The van der Waals surface area contributed by atoms with E-state index in [0.29, 0.717) is 37.0 Å². The van der Waals surface area contributed by atoms with Gasteiger partial charge < -0.3 is 28.4 Å². The lowest BCUT2D eigenvalue weighted by Gasteiger charge is -2.57. The van der Waals surface area contributed by atoms with E-state index in [9.17, 15) is 14.4 Å². The molecule has 9 heteroatoms. The molecule has 0 aromatic rings. The summed E-state index contributed by atoms with van der Waals surface area (Å²) in [6.45, 7) is 12.9. The molecule has 9 atom stereocenters. The Morgan fingerprint density at radius 1 is 0.953 bits per heavy atom. The third-order valence-corrected chi connectivity index (χ3v) is 11.8. The van der Waals surface area contributed by atoms with Crippen molar-refractivity contribution in [2.24, 2.45) is 40.4 Å². The van der Waals surface area contributed by atoms with E-state index in [-0.39, 0.29) is 29.8 Å². The van der Waals surface area contributed by atoms with Gasteiger partial charge in [-0.05, 0) is 74.5 Å². The molecule has 242 valence electrons. The fourth-order valence-corrected chi connectivity index (χ4v) is 8.93. The number of carbonyl (C=O) groups excluding carboxylic acids is 3. The molecule has 3 fully saturated rings. The van der Waals surface area contributed by atoms with Crippen LogP contribution in [0, 0.1) is 40.4 Å². The third kappa shape index (κ3) is 6.26. The molecule has 4 aliphatic rings. The maximum atomic E-state index is 13.2. The largest absolute Gasteiger partial charge is 0.508 e. The molecule has 9 nitrogen and oxygen atoms in total. The summed E-state index contributed by atoms with van der Waals surface area (Å²) in [5, 5.41) is 0. The number of methoxy groups -OCH3 is 3. The van der Waals surface area contributed by atoms with Gasteiger partial charge in [-0.1, -0.05) is 51.0 Å². The zero-order valence-corrected chi connectivity index (χ0v) is 27.5. The molecule has 4 rings (SSSR count). The lowest BCUT2D eigenvalue weighted by atomic mass is 9.49. The fourth-order valence-electron chi connectivity index (χ4n) is 8.93. The number of carbonyl (C=O) groups is 3. The van der Waals surface area contributed by atoms with Crippen molar-refractivity contribution >= 4 is 18.1 Å². The topological polar surface area (TPSA) is 107 Å². The lowest BCUT2D eigenvalue weighted by Crippen LogP contribution is -2.54. The Bertz CT molecular complexity index is 1120. The molecular weight excluding hydrogens is 552 g/mol. The number of fused-ring (bicyclic) bond motifs is 5. The highest BCUT2D eigenvalue weighted by atomic mass is 16.7. The first-order valence-corrected chi connectivity index (χ1v) is 15.8. The van der Waals surface area contributed by atoms with E-state index in [2.05, 4.69) is 39.8 Å². The Labute approximate surface area is 257 Å². The maximum absolute atomic E-state index is 13.2. The van der Waals surface area contributed by atoms with Gasteiger partial charge in [0.2, 0.25) is 0 Å². The second-order valence-electron chi connectivity index (χ2n) is 14.2. The first-order valence-electron chi connectivity index (χ1n) is 15.8. The van der Waals surface area contributed by atoms with Crippen LogP contribution in [-0.2, 0) is 33.2 Å². The van der Waals surface area contributed by atoms with E-state index in [1.807, 2.05) is 13.8 Å². The summed E-state index contributed by atoms with van der Waals surface area (Å²) in [7, 11) is 4.16. The molecule has 4 aliphatic carbocycles. The number of ether oxygens (including phenoxy) is 6. The van der Waals surface area contributed by atoms with Crippen LogP contribution in [-0.4, -0.2) is 64.0 Å². The average Bonchev–Trinajstić information content (AvgIpc) is 3.33. The molecule has 3 saturated carbocycles. The molecule has 0 saturated heterocycles. The van der Waals surface area contributed by atoms with E-state index in [1.54, 1.807) is 7.11 Å². The monoisotopic (exact) mass is 604 g/mol. The summed E-state index contributed by atoms with van der Waals surface area (Å²) in [5.41, 5.74) is 1.39. The van der Waals surface area contributed by atoms with Crippen LogP contribution in [0.25, 0.3) is 0 Å². The van der Waals surface area contributed by atoms with E-state index in [4.69, 9.17) is 28.4 Å². The number of Topliss-reactive ketones (excluding diaryl/α,β-unsaturated/α-hetero) is 1. The smallest absolute Gasteiger partial charge is 0.438 e. The molecule has 0 unspecified atom stereocenters. The highest BCUT2D eigenvalue weighted by Crippen LogP contribution is 2.66. The van der Waals surface area contributed by atoms with E-state index >= 15 is 0 Å². The number of allylic oxidation sites excluding steroid dienone is 3. The highest BCUT2D eigenvalue weighted by molar-refractivity contribution is 5.86. The molecule has 0 aromatic heterocycles. The van der Waals surface area contributed by atoms with Crippen molar-refractivity contribution in [1.82, 2.24) is 0 Å². The molecule has 0 aromatic carbocycles. The molecule has 0 aliphatic heterocycles. The van der Waals surface area contributed by atoms with Gasteiger partial charge in [0.1, 0.15) is 24.6 Å². The second-order valence-corrected chi connectivity index (χ2v) is 14.2. The van der Waals surface area contributed by atoms with Crippen molar-refractivity contribution in [2.45, 2.75) is 104 Å². The molecular formula is C34H52O9. The van der Waals surface area contributed by atoms with E-state index < -0.39 is 35.5 Å². The van der Waals surface area contributed by atoms with Gasteiger partial charge in [0.25, 0.3) is 0 Å². The second kappa shape index (κ2) is 12.9. The molecule has 0 amide bonds. The van der Waals surface area contributed by atoms with Crippen LogP contribution in [0.5, 0.6) is 0 Å². The standard InChI is InChI=1S/C34H52O9/c1-20(16-28(35)32(3,4)41-19-38-7)21(2)25-12-13-26-24-11-10-22-17-23(42-30(36)39-8)18-29(43-31(37)40-9)34(22,6)27(24)14-15-33(25,26)5/h10-11,20-21,23,25-27,29H,12-19H2,1-9H3/t20-,21+,23-,25-,26+,27+,29+,33-,34+/m1/s1. The summed E-state index contributed by atoms with van der Waals surface area (Å²) in [6.07, 6.45) is 7.78. The predicted octanol–water partition coefficient (Wildman–Crippen LogP) is 7.03. The Hall–Kier alpha value is -2.39. The fraction of sp³-hybridized carbons (Fsp3) is 0.794. The Morgan fingerprint density at radius 3 is 2.28 bits per heavy atom. The summed E-state index contributed by atoms with van der Waals surface area (Å²) >= 11 is 0. The number of hydrogen-bond donors (Lipinski definition) is 0. The van der Waals surface area contributed by atoms with Gasteiger partial charge >= 0.3 is 12.3 Å². The SMILES string of the molecule is COCOC(C)(C)C(=O)C[C@@H](C)[C@H](C)[C@H]1CC[C@H]2C3=CC=C4C[C@@H](OC(=O)OC)C[C@H](OC(=O)OC)[C@]4(C)[C@H]3CC[C@]12C. The van der Waals surface area contributed by atoms with Crippen molar-refractivity contribution in [3.05, 3.63) is 23.3 Å². The van der Waals surface area contributed by atoms with Crippen LogP contribution >= 0.6 is 0 Å². The Kier molecular flexibility index (Phi) is 10.1. The first-order chi connectivity index (χ1) is 20.2. The highest BCUT2D eigenvalue weighted by Gasteiger charge is 2.60. The van der Waals surface area contributed by atoms with Crippen LogP contribution in [0.1, 0.15) is 86.5 Å². The number of rotatable bonds is 10. The third-order valence-electron chi connectivity index (χ3n) is 11.8. The minimum atomic E-state index is -0.875. The van der Waals surface area contributed by atoms with Crippen LogP contribution in [0.2, 0.25) is 0 Å². The van der Waals surface area contributed by atoms with Gasteiger partial charge in [-0.2, -0.15) is 0 Å². The van der Waals surface area contributed by atoms with Gasteiger partial charge in [0, 0.05) is 31.8 Å². The van der Waals surface area contributed by atoms with Gasteiger partial charge in [0.15, 0.2) is 5.78 Å². The summed E-state index contributed by atoms with van der Waals surface area (Å²) < 4.78 is 31.8. The minimum Gasteiger partial charge on any atom is -0.438 e. The van der Waals surface area contributed by atoms with Gasteiger partial charge in [0.05, 0.1) is 14.2 Å². The van der Waals surface area contributed by atoms with Crippen molar-refractivity contribution < 1.29 is 42.8 Å². The summed E-state index contributed by atoms with van der Waals surface area (Å²) in [4.78, 5) is 37.5. The Morgan fingerprint density at radius 2 is 1.63 bits per heavy atom. The number of hydrogen-bond acceptors (Lipinski definition) is 9. The molecule has 43 heavy (non-hydrogen) atoms. The number of ketones is 1. The Balaban J connectivity index is 1.56. The molecule has 0 heterocycles. The maximum Gasteiger partial charge on any atom is 0.508 e. The quantitative estimate of drug-likeness (QED) is 0.192. The van der Waals surface area contributed by atoms with Gasteiger partial charge in [-0.25, -0.2) is 9.59 Å². The van der Waals surface area contributed by atoms with Crippen LogP contribution in [0.15, 0.2) is 23.3 Å². The van der Waals surface area contributed by atoms with Crippen LogP contribution in [0.3, 0.4) is 0 Å². The summed E-state index contributed by atoms with van der Waals surface area (Å²) in [6, 6.07) is 0. The minimum absolute atomic E-state index is 0.0981. The van der Waals surface area contributed by atoms with Crippen LogP contribution in [0.4, 0.5) is 9.59 Å². The van der Waals surface area contributed by atoms with Crippen molar-refractivity contribution in [2.75, 3.05) is 28.1 Å². The normalized spacial score (nSPS) is 34.8. The average molecular weight is 605 g/mol. The van der Waals surface area contributed by atoms with E-state index in [1.165, 1.54) is 19.8 Å². The molecule has 0 bridgehead atoms. The molecule has 0 N–H and O–H groups in total. The summed E-state index contributed by atoms with van der Waals surface area (Å²) in [5.74, 6) is 1.84. The van der Waals surface area contributed by atoms with E-state index in [0.717, 1.165) is 31.3 Å². The zero-order chi connectivity index (χ0) is 31.7. The van der Waals surface area contributed by atoms with Crippen molar-refractivity contribution in [3.63, 3.8) is 0 Å². The zero-order valence-electron chi connectivity index (χ0n) is 27.5. The van der Waals surface area contributed by atoms with Crippen molar-refractivity contribution in [1.29, 1.82) is 0 Å². The molecule has 0 spiro atoms. The van der Waals surface area contributed by atoms with Gasteiger partial charge in [-0.15, -0.1) is 0 Å². The lowest BCUT2D eigenvalue weighted by molar-refractivity contribution is -0.157. The van der Waals surface area contributed by atoms with Gasteiger partial charge in [-0.3, -0.25) is 4.79 Å². The molecule has 0 radical (unpaired) electrons. The van der Waals surface area contributed by atoms with Crippen molar-refractivity contribution in [3.8, 4) is 0 Å². The van der Waals surface area contributed by atoms with Crippen LogP contribution < -0.4 is 0 Å². The first kappa shape index (κ1) is 33.5. The predicted molar refractivity (Wildman–Crippen MR) is 160 cm³/mol.